The summed E-state index contributed by atoms with van der Waals surface area (Å²) in [6.07, 6.45) is 13.5. The average Bonchev–Trinajstić information content (AvgIpc) is 2.75. The van der Waals surface area contributed by atoms with Gasteiger partial charge in [-0.1, -0.05) is 0 Å². The summed E-state index contributed by atoms with van der Waals surface area (Å²) in [5, 5.41) is 0. The van der Waals surface area contributed by atoms with E-state index >= 15 is 0 Å². The molecule has 0 bridgehead atoms. The molecule has 0 spiro atoms. The topological polar surface area (TPSA) is 52.6 Å². The van der Waals surface area contributed by atoms with Crippen LogP contribution in [0.15, 0.2) is 0 Å². The van der Waals surface area contributed by atoms with Crippen molar-refractivity contribution in [2.24, 2.45) is 5.92 Å². The van der Waals surface area contributed by atoms with E-state index in [1.54, 1.807) is 0 Å². The number of hydrogen-bond acceptors (Lipinski definition) is 6. The van der Waals surface area contributed by atoms with Crippen LogP contribution in [0.1, 0.15) is 111 Å². The first kappa shape index (κ1) is 31.4. The van der Waals surface area contributed by atoms with Gasteiger partial charge < -0.3 is 0 Å². The molecule has 0 aromatic carbocycles. The van der Waals surface area contributed by atoms with Gasteiger partial charge in [0.25, 0.3) is 0 Å². The monoisotopic (exact) mass is 582 g/mol. The van der Waals surface area contributed by atoms with E-state index < -0.39 is 27.2 Å². The fourth-order valence-corrected chi connectivity index (χ4v) is 10.4. The van der Waals surface area contributed by atoms with Crippen molar-refractivity contribution in [3.8, 4) is 0 Å². The molecule has 7 heteroatoms. The van der Waals surface area contributed by atoms with Crippen molar-refractivity contribution in [1.29, 1.82) is 0 Å². The molecular weight excluding hydrogens is 535 g/mol. The van der Waals surface area contributed by atoms with Gasteiger partial charge in [-0.3, -0.25) is 0 Å². The molecule has 0 aromatic rings. The zero-order valence-electron chi connectivity index (χ0n) is 20.3. The first-order valence-electron chi connectivity index (χ1n) is 12.4. The number of unbranched alkanes of at least 4 members (excludes halogenated alkanes) is 7. The van der Waals surface area contributed by atoms with E-state index in [2.05, 4.69) is 40.3 Å². The number of hydrogen-bond donors (Lipinski definition) is 2. The van der Waals surface area contributed by atoms with Gasteiger partial charge in [0.15, 0.2) is 0 Å². The van der Waals surface area contributed by atoms with Crippen molar-refractivity contribution in [3.05, 3.63) is 0 Å². The number of rotatable bonds is 20. The molecule has 0 amide bonds. The van der Waals surface area contributed by atoms with E-state index in [4.69, 9.17) is 22.1 Å². The molecule has 4 nitrogen and oxygen atoms in total. The van der Waals surface area contributed by atoms with E-state index in [0.717, 1.165) is 77.0 Å². The molecular formula is C24H46O4S2Sn. The molecule has 182 valence electrons. The third-order valence-corrected chi connectivity index (χ3v) is 11.8. The van der Waals surface area contributed by atoms with Crippen molar-refractivity contribution in [1.82, 2.24) is 0 Å². The van der Waals surface area contributed by atoms with E-state index in [1.807, 2.05) is 0 Å². The summed E-state index contributed by atoms with van der Waals surface area (Å²) in [6, 6.07) is 0. The van der Waals surface area contributed by atoms with Gasteiger partial charge in [-0.25, -0.2) is 0 Å². The van der Waals surface area contributed by atoms with E-state index in [0.29, 0.717) is 25.6 Å². The van der Waals surface area contributed by atoms with Crippen LogP contribution in [-0.4, -0.2) is 52.3 Å². The zero-order chi connectivity index (χ0) is 23.5. The van der Waals surface area contributed by atoms with Gasteiger partial charge in [0, 0.05) is 0 Å². The van der Waals surface area contributed by atoms with Crippen molar-refractivity contribution in [2.75, 3.05) is 13.2 Å². The van der Waals surface area contributed by atoms with Gasteiger partial charge in [-0.15, -0.1) is 0 Å². The van der Waals surface area contributed by atoms with E-state index in [9.17, 15) is 9.59 Å². The Balaban J connectivity index is 4.97. The van der Waals surface area contributed by atoms with Gasteiger partial charge in [-0.2, -0.15) is 0 Å². The van der Waals surface area contributed by atoms with Crippen molar-refractivity contribution in [3.63, 3.8) is 0 Å². The molecule has 0 saturated carbocycles. The molecule has 0 aliphatic heterocycles. The standard InChI is InChI=1S/C16H31O2S.C8H15O2S.Sn/c1-4-7-9-10-12-18-16(17)15(19)13-14(6-3)11-8-5-2;1-2-3-4-5-6-10-8(9)7-11;/h14,19H,4-13H2,1-3H3;7,11H,2-6H2,1H3;. The van der Waals surface area contributed by atoms with Gasteiger partial charge >= 0.3 is 214 Å². The molecule has 3 atom stereocenters. The normalized spacial score (nSPS) is 15.2. The molecule has 0 N–H and O–H groups in total. The van der Waals surface area contributed by atoms with Crippen LogP contribution in [0.4, 0.5) is 0 Å². The predicted molar refractivity (Wildman–Crippen MR) is 138 cm³/mol. The van der Waals surface area contributed by atoms with Crippen LogP contribution < -0.4 is 0 Å². The molecule has 0 aliphatic carbocycles. The summed E-state index contributed by atoms with van der Waals surface area (Å²) in [7, 11) is 0. The van der Waals surface area contributed by atoms with Gasteiger partial charge in [0.2, 0.25) is 0 Å². The van der Waals surface area contributed by atoms with Crippen LogP contribution in [0.3, 0.4) is 0 Å². The Hall–Kier alpha value is 0.439. The van der Waals surface area contributed by atoms with Crippen LogP contribution >= 0.6 is 25.3 Å². The minimum absolute atomic E-state index is 0.247. The van der Waals surface area contributed by atoms with E-state index in [-0.39, 0.29) is 11.9 Å². The van der Waals surface area contributed by atoms with Crippen LogP contribution in [0.2, 0.25) is 0 Å². The van der Waals surface area contributed by atoms with Gasteiger partial charge in [0.1, 0.15) is 0 Å². The second kappa shape index (κ2) is 19.9. The molecule has 31 heavy (non-hydrogen) atoms. The maximum absolute atomic E-state index is 13.1. The van der Waals surface area contributed by atoms with Gasteiger partial charge in [-0.05, 0) is 0 Å². The van der Waals surface area contributed by atoms with Crippen molar-refractivity contribution in [2.45, 2.75) is 117 Å². The van der Waals surface area contributed by atoms with Crippen molar-refractivity contribution < 1.29 is 19.1 Å². The van der Waals surface area contributed by atoms with Crippen molar-refractivity contribution >= 4 is 58.3 Å². The Morgan fingerprint density at radius 1 is 0.839 bits per heavy atom. The van der Waals surface area contributed by atoms with Crippen LogP contribution in [0.5, 0.6) is 0 Å². The van der Waals surface area contributed by atoms with Crippen LogP contribution in [-0.2, 0) is 19.1 Å². The summed E-state index contributed by atoms with van der Waals surface area (Å²) in [5.41, 5.74) is 0. The zero-order valence-corrected chi connectivity index (χ0v) is 24.9. The number of carbonyl (C=O) groups excluding carboxylic acids is 2. The SMILES string of the molecule is CCCCCCOC(=O)[CH](S)[Sn][C](S)(CC(CC)CCCC)C(=O)OCCCCCC. The van der Waals surface area contributed by atoms with Gasteiger partial charge in [0.05, 0.1) is 0 Å². The Morgan fingerprint density at radius 2 is 1.39 bits per heavy atom. The Bertz CT molecular complexity index is 478. The molecule has 0 rings (SSSR count). The number of carbonyl (C=O) groups is 2. The molecule has 3 unspecified atom stereocenters. The summed E-state index contributed by atoms with van der Waals surface area (Å²) in [6.45, 7) is 9.53. The molecule has 0 saturated heterocycles. The molecule has 0 fully saturated rings. The second-order valence-corrected chi connectivity index (χ2v) is 17.2. The quantitative estimate of drug-likeness (QED) is 0.0754. The third kappa shape index (κ3) is 15.1. The molecule has 0 aromatic heterocycles. The first-order chi connectivity index (χ1) is 14.8. The average molecular weight is 581 g/mol. The second-order valence-electron chi connectivity index (χ2n) is 8.45. The number of thiol groups is 2. The molecule has 2 radical (unpaired) electrons. The Morgan fingerprint density at radius 3 is 1.90 bits per heavy atom. The van der Waals surface area contributed by atoms with E-state index in [1.165, 1.54) is 0 Å². The maximum atomic E-state index is 13.1. The Labute approximate surface area is 212 Å². The minimum atomic E-state index is -1.67. The first-order valence-corrected chi connectivity index (χ1v) is 16.4. The summed E-state index contributed by atoms with van der Waals surface area (Å²) in [4.78, 5) is 25.6. The Kier molecular flexibility index (Phi) is 20.1. The third-order valence-electron chi connectivity index (χ3n) is 5.54. The van der Waals surface area contributed by atoms with Crippen LogP contribution in [0.25, 0.3) is 0 Å². The number of ether oxygens (including phenoxy) is 2. The summed E-state index contributed by atoms with van der Waals surface area (Å²) >= 11 is 7.78. The predicted octanol–water partition coefficient (Wildman–Crippen LogP) is 6.43. The fraction of sp³-hybridized carbons (Fsp3) is 0.917. The molecule has 0 heterocycles. The summed E-state index contributed by atoms with van der Waals surface area (Å²) < 4.78 is 9.73. The summed E-state index contributed by atoms with van der Waals surface area (Å²) in [5.74, 6) is -0.123. The molecule has 0 aliphatic rings. The fourth-order valence-electron chi connectivity index (χ4n) is 3.44. The van der Waals surface area contributed by atoms with Crippen LogP contribution in [0, 0.1) is 5.92 Å². The number of esters is 2.